The van der Waals surface area contributed by atoms with E-state index in [1.54, 1.807) is 0 Å². The van der Waals surface area contributed by atoms with Crippen LogP contribution in [0.1, 0.15) is 25.0 Å². The summed E-state index contributed by atoms with van der Waals surface area (Å²) in [5, 5.41) is 2.29. The van der Waals surface area contributed by atoms with E-state index in [1.807, 2.05) is 18.2 Å². The molecule has 0 bridgehead atoms. The Morgan fingerprint density at radius 2 is 1.88 bits per heavy atom. The zero-order valence-electron chi connectivity index (χ0n) is 9.35. The van der Waals surface area contributed by atoms with Crippen LogP contribution in [-0.4, -0.2) is 4.98 Å². The van der Waals surface area contributed by atoms with E-state index >= 15 is 0 Å². The van der Waals surface area contributed by atoms with Gasteiger partial charge in [-0.15, -0.1) is 0 Å². The molecular formula is C13H13Cl2N. The van der Waals surface area contributed by atoms with E-state index in [9.17, 15) is 0 Å². The summed E-state index contributed by atoms with van der Waals surface area (Å²) in [5.74, 6) is 0. The number of pyridine rings is 1. The summed E-state index contributed by atoms with van der Waals surface area (Å²) >= 11 is 12.1. The minimum absolute atomic E-state index is 0.487. The molecule has 0 saturated carbocycles. The van der Waals surface area contributed by atoms with Crippen LogP contribution < -0.4 is 0 Å². The summed E-state index contributed by atoms with van der Waals surface area (Å²) in [6.45, 7) is 4.29. The van der Waals surface area contributed by atoms with E-state index < -0.39 is 0 Å². The summed E-state index contributed by atoms with van der Waals surface area (Å²) in [4.78, 5) is 4.29. The van der Waals surface area contributed by atoms with E-state index in [1.165, 1.54) is 11.1 Å². The second kappa shape index (κ2) is 4.60. The summed E-state index contributed by atoms with van der Waals surface area (Å²) in [6.07, 6.45) is 1.97. The maximum absolute atomic E-state index is 6.22. The molecule has 16 heavy (non-hydrogen) atoms. The molecular weight excluding hydrogens is 241 g/mol. The molecule has 1 nitrogen and oxygen atoms in total. The fraction of sp³-hybridized carbons (Fsp3) is 0.308. The molecule has 84 valence electrons. The first-order valence-corrected chi connectivity index (χ1v) is 6.19. The van der Waals surface area contributed by atoms with Gasteiger partial charge in [-0.3, -0.25) is 0 Å². The molecule has 0 aliphatic carbocycles. The Morgan fingerprint density at radius 1 is 1.12 bits per heavy atom. The van der Waals surface area contributed by atoms with Gasteiger partial charge >= 0.3 is 0 Å². The van der Waals surface area contributed by atoms with Crippen molar-refractivity contribution in [1.82, 2.24) is 4.98 Å². The fourth-order valence-corrected chi connectivity index (χ4v) is 2.50. The monoisotopic (exact) mass is 253 g/mol. The number of rotatable bonds is 2. The maximum Gasteiger partial charge on any atom is 0.129 e. The molecule has 2 aromatic rings. The SMILES string of the molecule is CCc1cc(Cl)c2nc(Cl)ccc2c1CC. The van der Waals surface area contributed by atoms with Gasteiger partial charge in [0, 0.05) is 5.39 Å². The fourth-order valence-electron chi connectivity index (χ4n) is 2.08. The normalized spacial score (nSPS) is 11.0. The van der Waals surface area contributed by atoms with Crippen molar-refractivity contribution in [1.29, 1.82) is 0 Å². The van der Waals surface area contributed by atoms with E-state index in [-0.39, 0.29) is 0 Å². The predicted octanol–water partition coefficient (Wildman–Crippen LogP) is 4.67. The minimum Gasteiger partial charge on any atom is -0.235 e. The Balaban J connectivity index is 2.86. The number of nitrogens with zero attached hydrogens (tertiary/aromatic N) is 1. The zero-order valence-corrected chi connectivity index (χ0v) is 10.9. The number of hydrogen-bond donors (Lipinski definition) is 0. The second-order valence-electron chi connectivity index (χ2n) is 3.73. The van der Waals surface area contributed by atoms with Gasteiger partial charge in [0.25, 0.3) is 0 Å². The highest BCUT2D eigenvalue weighted by Crippen LogP contribution is 2.30. The predicted molar refractivity (Wildman–Crippen MR) is 70.5 cm³/mol. The van der Waals surface area contributed by atoms with Gasteiger partial charge in [0.1, 0.15) is 5.15 Å². The smallest absolute Gasteiger partial charge is 0.129 e. The van der Waals surface area contributed by atoms with Crippen LogP contribution in [0.15, 0.2) is 18.2 Å². The van der Waals surface area contributed by atoms with E-state index in [0.29, 0.717) is 10.2 Å². The first-order chi connectivity index (χ1) is 7.67. The van der Waals surface area contributed by atoms with Crippen molar-refractivity contribution in [3.63, 3.8) is 0 Å². The highest BCUT2D eigenvalue weighted by Gasteiger charge is 2.10. The molecule has 2 rings (SSSR count). The number of hydrogen-bond acceptors (Lipinski definition) is 1. The van der Waals surface area contributed by atoms with Crippen molar-refractivity contribution in [2.45, 2.75) is 26.7 Å². The lowest BCUT2D eigenvalue weighted by atomic mass is 9.98. The van der Waals surface area contributed by atoms with Crippen molar-refractivity contribution < 1.29 is 0 Å². The van der Waals surface area contributed by atoms with E-state index in [2.05, 4.69) is 18.8 Å². The number of fused-ring (bicyclic) bond motifs is 1. The van der Waals surface area contributed by atoms with Crippen molar-refractivity contribution >= 4 is 34.1 Å². The minimum atomic E-state index is 0.487. The molecule has 1 aromatic carbocycles. The molecule has 3 heteroatoms. The summed E-state index contributed by atoms with van der Waals surface area (Å²) in [7, 11) is 0. The van der Waals surface area contributed by atoms with Gasteiger partial charge in [0.15, 0.2) is 0 Å². The van der Waals surface area contributed by atoms with Crippen molar-refractivity contribution in [2.75, 3.05) is 0 Å². The van der Waals surface area contributed by atoms with Crippen LogP contribution in [-0.2, 0) is 12.8 Å². The quantitative estimate of drug-likeness (QED) is 0.710. The molecule has 0 spiro atoms. The number of benzene rings is 1. The second-order valence-corrected chi connectivity index (χ2v) is 4.53. The number of aromatic nitrogens is 1. The Kier molecular flexibility index (Phi) is 3.36. The molecule has 1 aromatic heterocycles. The van der Waals surface area contributed by atoms with Gasteiger partial charge in [0.05, 0.1) is 10.5 Å². The van der Waals surface area contributed by atoms with Crippen LogP contribution in [0, 0.1) is 0 Å². The van der Waals surface area contributed by atoms with Crippen LogP contribution in [0.3, 0.4) is 0 Å². The Morgan fingerprint density at radius 3 is 2.50 bits per heavy atom. The number of halogens is 2. The Labute approximate surface area is 105 Å². The molecule has 0 aliphatic heterocycles. The van der Waals surface area contributed by atoms with Gasteiger partial charge in [-0.2, -0.15) is 0 Å². The zero-order chi connectivity index (χ0) is 11.7. The van der Waals surface area contributed by atoms with Crippen molar-refractivity contribution in [2.24, 2.45) is 0 Å². The third-order valence-corrected chi connectivity index (χ3v) is 3.33. The Hall–Kier alpha value is -0.790. The van der Waals surface area contributed by atoms with Crippen molar-refractivity contribution in [3.8, 4) is 0 Å². The van der Waals surface area contributed by atoms with Gasteiger partial charge < -0.3 is 0 Å². The first kappa shape index (κ1) is 11.7. The highest BCUT2D eigenvalue weighted by atomic mass is 35.5. The molecule has 0 fully saturated rings. The highest BCUT2D eigenvalue weighted by molar-refractivity contribution is 6.36. The lowest BCUT2D eigenvalue weighted by Gasteiger charge is -2.11. The van der Waals surface area contributed by atoms with Crippen LogP contribution in [0.5, 0.6) is 0 Å². The first-order valence-electron chi connectivity index (χ1n) is 5.43. The molecule has 0 saturated heterocycles. The van der Waals surface area contributed by atoms with Crippen LogP contribution in [0.4, 0.5) is 0 Å². The topological polar surface area (TPSA) is 12.9 Å². The molecule has 0 unspecified atom stereocenters. The van der Waals surface area contributed by atoms with Crippen molar-refractivity contribution in [3.05, 3.63) is 39.5 Å². The molecule has 0 N–H and O–H groups in total. The van der Waals surface area contributed by atoms with Crippen LogP contribution in [0.2, 0.25) is 10.2 Å². The number of aryl methyl sites for hydroxylation is 2. The molecule has 0 atom stereocenters. The lowest BCUT2D eigenvalue weighted by molar-refractivity contribution is 1.05. The summed E-state index contributed by atoms with van der Waals surface area (Å²) in [5.41, 5.74) is 3.43. The van der Waals surface area contributed by atoms with E-state index in [4.69, 9.17) is 23.2 Å². The third-order valence-electron chi connectivity index (χ3n) is 2.84. The van der Waals surface area contributed by atoms with E-state index in [0.717, 1.165) is 23.7 Å². The van der Waals surface area contributed by atoms with Crippen LogP contribution >= 0.6 is 23.2 Å². The third kappa shape index (κ3) is 1.90. The molecule has 0 aliphatic rings. The molecule has 0 radical (unpaired) electrons. The standard InChI is InChI=1S/C13H13Cl2N/c1-3-8-7-11(14)13-10(9(8)4-2)5-6-12(15)16-13/h5-7H,3-4H2,1-2H3. The van der Waals surface area contributed by atoms with Gasteiger partial charge in [-0.25, -0.2) is 4.98 Å². The van der Waals surface area contributed by atoms with Gasteiger partial charge in [-0.1, -0.05) is 37.0 Å². The lowest BCUT2D eigenvalue weighted by Crippen LogP contribution is -1.95. The van der Waals surface area contributed by atoms with Gasteiger partial charge in [-0.05, 0) is 42.2 Å². The largest absolute Gasteiger partial charge is 0.235 e. The molecule has 0 amide bonds. The van der Waals surface area contributed by atoms with Crippen LogP contribution in [0.25, 0.3) is 10.9 Å². The maximum atomic E-state index is 6.22. The Bertz CT molecular complexity index is 535. The summed E-state index contributed by atoms with van der Waals surface area (Å²) in [6, 6.07) is 5.83. The summed E-state index contributed by atoms with van der Waals surface area (Å²) < 4.78 is 0. The average Bonchev–Trinajstić information content (AvgIpc) is 2.29. The van der Waals surface area contributed by atoms with Gasteiger partial charge in [0.2, 0.25) is 0 Å². The average molecular weight is 254 g/mol. The molecule has 1 heterocycles.